The highest BCUT2D eigenvalue weighted by Gasteiger charge is 2.17. The summed E-state index contributed by atoms with van der Waals surface area (Å²) in [4.78, 5) is 13.1. The lowest BCUT2D eigenvalue weighted by Gasteiger charge is -2.27. The number of aliphatic carboxylic acids is 1. The van der Waals surface area contributed by atoms with Gasteiger partial charge in [0.15, 0.2) is 6.10 Å². The largest absolute Gasteiger partial charge is 0.479 e. The Bertz CT molecular complexity index is 531. The van der Waals surface area contributed by atoms with Gasteiger partial charge in [0.05, 0.1) is 5.02 Å². The molecule has 0 unspecified atom stereocenters. The van der Waals surface area contributed by atoms with Crippen molar-refractivity contribution in [2.45, 2.75) is 32.4 Å². The molecule has 0 spiro atoms. The molecule has 1 atom stereocenters. The molecule has 0 saturated carbocycles. The van der Waals surface area contributed by atoms with Crippen molar-refractivity contribution in [3.05, 3.63) is 28.8 Å². The number of hydrogen-bond donors (Lipinski definition) is 1. The fourth-order valence-corrected chi connectivity index (χ4v) is 2.97. The Morgan fingerprint density at radius 2 is 2.17 bits per heavy atom. The summed E-state index contributed by atoms with van der Waals surface area (Å²) in [6, 6.07) is 5.50. The molecule has 0 amide bonds. The fourth-order valence-electron chi connectivity index (χ4n) is 2.73. The Balaban J connectivity index is 1.90. The van der Waals surface area contributed by atoms with E-state index in [0.717, 1.165) is 44.7 Å². The van der Waals surface area contributed by atoms with Crippen molar-refractivity contribution in [2.24, 2.45) is 5.92 Å². The van der Waals surface area contributed by atoms with Gasteiger partial charge in [0, 0.05) is 26.3 Å². The van der Waals surface area contributed by atoms with Gasteiger partial charge >= 0.3 is 5.97 Å². The standard InChI is InChI=1S/C17H24ClNO4/c1-12(17(20)21)23-16-4-3-14(9-15(16)18)11-19(2)10-13-5-7-22-8-6-13/h3-4,9,12-13H,5-8,10-11H2,1-2H3,(H,20,21)/t12-/m1/s1. The van der Waals surface area contributed by atoms with Crippen LogP contribution < -0.4 is 4.74 Å². The zero-order chi connectivity index (χ0) is 16.8. The monoisotopic (exact) mass is 341 g/mol. The Kier molecular flexibility index (Phi) is 6.69. The van der Waals surface area contributed by atoms with Crippen molar-refractivity contribution >= 4 is 17.6 Å². The van der Waals surface area contributed by atoms with E-state index >= 15 is 0 Å². The van der Waals surface area contributed by atoms with Gasteiger partial charge < -0.3 is 19.5 Å². The molecular weight excluding hydrogens is 318 g/mol. The number of carboxylic acids is 1. The minimum Gasteiger partial charge on any atom is -0.479 e. The lowest BCUT2D eigenvalue weighted by molar-refractivity contribution is -0.144. The van der Waals surface area contributed by atoms with Crippen LogP contribution in [0.5, 0.6) is 5.75 Å². The highest BCUT2D eigenvalue weighted by atomic mass is 35.5. The number of hydrogen-bond acceptors (Lipinski definition) is 4. The summed E-state index contributed by atoms with van der Waals surface area (Å²) in [5.74, 6) is 0.0713. The van der Waals surface area contributed by atoms with Gasteiger partial charge in [0.25, 0.3) is 0 Å². The van der Waals surface area contributed by atoms with Crippen LogP contribution in [0.15, 0.2) is 18.2 Å². The molecule has 1 fully saturated rings. The van der Waals surface area contributed by atoms with E-state index in [0.29, 0.717) is 16.7 Å². The van der Waals surface area contributed by atoms with Crippen molar-refractivity contribution in [3.63, 3.8) is 0 Å². The Labute approximate surface area is 142 Å². The normalized spacial score (nSPS) is 17.2. The molecule has 5 nitrogen and oxygen atoms in total. The van der Waals surface area contributed by atoms with E-state index in [2.05, 4.69) is 11.9 Å². The average molecular weight is 342 g/mol. The minimum atomic E-state index is -1.01. The molecule has 0 aliphatic carbocycles. The summed E-state index contributed by atoms with van der Waals surface area (Å²) in [6.45, 7) is 5.03. The predicted molar refractivity (Wildman–Crippen MR) is 89.1 cm³/mol. The predicted octanol–water partition coefficient (Wildman–Crippen LogP) is 3.05. The lowest BCUT2D eigenvalue weighted by atomic mass is 10.00. The maximum Gasteiger partial charge on any atom is 0.344 e. The minimum absolute atomic E-state index is 0.400. The van der Waals surface area contributed by atoms with E-state index < -0.39 is 12.1 Å². The van der Waals surface area contributed by atoms with Crippen LogP contribution in [0.2, 0.25) is 5.02 Å². The topological polar surface area (TPSA) is 59.0 Å². The highest BCUT2D eigenvalue weighted by Crippen LogP contribution is 2.27. The third kappa shape index (κ3) is 5.68. The SMILES string of the molecule is C[C@@H](Oc1ccc(CN(C)CC2CCOCC2)cc1Cl)C(=O)O. The molecule has 6 heteroatoms. The molecule has 1 aromatic rings. The lowest BCUT2D eigenvalue weighted by Crippen LogP contribution is -2.29. The first-order valence-electron chi connectivity index (χ1n) is 7.90. The van der Waals surface area contributed by atoms with E-state index in [1.54, 1.807) is 6.07 Å². The van der Waals surface area contributed by atoms with Crippen LogP contribution in [-0.4, -0.2) is 48.9 Å². The van der Waals surface area contributed by atoms with Crippen molar-refractivity contribution in [2.75, 3.05) is 26.8 Å². The molecule has 1 heterocycles. The van der Waals surface area contributed by atoms with Gasteiger partial charge in [-0.1, -0.05) is 17.7 Å². The van der Waals surface area contributed by atoms with Crippen molar-refractivity contribution in [3.8, 4) is 5.75 Å². The van der Waals surface area contributed by atoms with Gasteiger partial charge in [-0.3, -0.25) is 0 Å². The Hall–Kier alpha value is -1.30. The summed E-state index contributed by atoms with van der Waals surface area (Å²) in [5, 5.41) is 9.32. The molecule has 0 radical (unpaired) electrons. The number of nitrogens with zero attached hydrogens (tertiary/aromatic N) is 1. The van der Waals surface area contributed by atoms with Crippen molar-refractivity contribution in [1.29, 1.82) is 0 Å². The first kappa shape index (κ1) is 18.0. The molecule has 23 heavy (non-hydrogen) atoms. The molecule has 1 saturated heterocycles. The zero-order valence-electron chi connectivity index (χ0n) is 13.6. The van der Waals surface area contributed by atoms with Gasteiger partial charge in [-0.05, 0) is 50.4 Å². The first-order valence-corrected chi connectivity index (χ1v) is 8.27. The molecule has 1 N–H and O–H groups in total. The van der Waals surface area contributed by atoms with Crippen molar-refractivity contribution in [1.82, 2.24) is 4.90 Å². The molecule has 1 aliphatic rings. The van der Waals surface area contributed by atoms with Crippen LogP contribution in [0.4, 0.5) is 0 Å². The molecule has 0 aromatic heterocycles. The van der Waals surface area contributed by atoms with Crippen LogP contribution in [0.3, 0.4) is 0 Å². The van der Waals surface area contributed by atoms with E-state index in [4.69, 9.17) is 26.2 Å². The van der Waals surface area contributed by atoms with E-state index in [9.17, 15) is 4.79 Å². The molecule has 1 aliphatic heterocycles. The Morgan fingerprint density at radius 1 is 1.48 bits per heavy atom. The van der Waals surface area contributed by atoms with Gasteiger partial charge in [-0.15, -0.1) is 0 Å². The number of carbonyl (C=O) groups is 1. The van der Waals surface area contributed by atoms with Crippen LogP contribution in [0.25, 0.3) is 0 Å². The summed E-state index contributed by atoms with van der Waals surface area (Å²) in [7, 11) is 2.10. The summed E-state index contributed by atoms with van der Waals surface area (Å²) in [5.41, 5.74) is 1.08. The quantitative estimate of drug-likeness (QED) is 0.826. The smallest absolute Gasteiger partial charge is 0.344 e. The molecular formula is C17H24ClNO4. The summed E-state index contributed by atoms with van der Waals surface area (Å²) in [6.07, 6.45) is 1.31. The first-order chi connectivity index (χ1) is 11.0. The average Bonchev–Trinajstić information content (AvgIpc) is 2.50. The zero-order valence-corrected chi connectivity index (χ0v) is 14.4. The fraction of sp³-hybridized carbons (Fsp3) is 0.588. The maximum absolute atomic E-state index is 10.8. The third-order valence-corrected chi connectivity index (χ3v) is 4.31. The van der Waals surface area contributed by atoms with Gasteiger partial charge in [0.1, 0.15) is 5.75 Å². The van der Waals surface area contributed by atoms with Crippen LogP contribution in [-0.2, 0) is 16.1 Å². The third-order valence-electron chi connectivity index (χ3n) is 4.01. The second-order valence-corrected chi connectivity index (χ2v) is 6.52. The van der Waals surface area contributed by atoms with Crippen LogP contribution >= 0.6 is 11.6 Å². The van der Waals surface area contributed by atoms with E-state index in [1.807, 2.05) is 12.1 Å². The molecule has 0 bridgehead atoms. The Morgan fingerprint density at radius 3 is 2.78 bits per heavy atom. The van der Waals surface area contributed by atoms with Gasteiger partial charge in [0.2, 0.25) is 0 Å². The number of rotatable bonds is 7. The van der Waals surface area contributed by atoms with Crippen molar-refractivity contribution < 1.29 is 19.4 Å². The molecule has 128 valence electrons. The highest BCUT2D eigenvalue weighted by molar-refractivity contribution is 6.32. The van der Waals surface area contributed by atoms with Crippen LogP contribution in [0, 0.1) is 5.92 Å². The number of halogens is 1. The van der Waals surface area contributed by atoms with Gasteiger partial charge in [-0.2, -0.15) is 0 Å². The van der Waals surface area contributed by atoms with Gasteiger partial charge in [-0.25, -0.2) is 4.79 Å². The number of carboxylic acid groups (broad SMARTS) is 1. The number of ether oxygens (including phenoxy) is 2. The summed E-state index contributed by atoms with van der Waals surface area (Å²) < 4.78 is 10.7. The van der Waals surface area contributed by atoms with Crippen LogP contribution in [0.1, 0.15) is 25.3 Å². The molecule has 1 aromatic carbocycles. The maximum atomic E-state index is 10.8. The summed E-state index contributed by atoms with van der Waals surface area (Å²) >= 11 is 6.20. The second kappa shape index (κ2) is 8.52. The molecule has 2 rings (SSSR count). The van der Waals surface area contributed by atoms with E-state index in [-0.39, 0.29) is 0 Å². The number of benzene rings is 1. The van der Waals surface area contributed by atoms with E-state index in [1.165, 1.54) is 6.92 Å². The second-order valence-electron chi connectivity index (χ2n) is 6.12.